The number of hydrogen-bond acceptors (Lipinski definition) is 3. The van der Waals surface area contributed by atoms with Crippen molar-refractivity contribution in [2.75, 3.05) is 6.61 Å². The summed E-state index contributed by atoms with van der Waals surface area (Å²) < 4.78 is 4.77. The molecular formula is C12H15NO2. The molecule has 0 radical (unpaired) electrons. The minimum absolute atomic E-state index is 0.334. The summed E-state index contributed by atoms with van der Waals surface area (Å²) in [4.78, 5) is 15.3. The number of pyridine rings is 1. The van der Waals surface area contributed by atoms with E-state index in [1.807, 2.05) is 19.9 Å². The lowest BCUT2D eigenvalue weighted by atomic mass is 10.1. The van der Waals surface area contributed by atoms with Crippen LogP contribution in [-0.2, 0) is 9.53 Å². The second kappa shape index (κ2) is 5.29. The molecule has 1 aromatic rings. The first kappa shape index (κ1) is 11.4. The van der Waals surface area contributed by atoms with Gasteiger partial charge in [-0.15, -0.1) is 0 Å². The van der Waals surface area contributed by atoms with Crippen molar-refractivity contribution in [1.29, 1.82) is 0 Å². The number of hydrogen-bond donors (Lipinski definition) is 0. The molecule has 0 amide bonds. The highest BCUT2D eigenvalue weighted by molar-refractivity contribution is 5.86. The topological polar surface area (TPSA) is 39.2 Å². The van der Waals surface area contributed by atoms with E-state index in [0.717, 1.165) is 16.8 Å². The number of aromatic nitrogens is 1. The first-order valence-electron chi connectivity index (χ1n) is 4.91. The first-order chi connectivity index (χ1) is 7.13. The highest BCUT2D eigenvalue weighted by Gasteiger charge is 1.98. The zero-order chi connectivity index (χ0) is 11.3. The summed E-state index contributed by atoms with van der Waals surface area (Å²) in [5, 5.41) is 0. The Kier molecular flexibility index (Phi) is 4.03. The van der Waals surface area contributed by atoms with Crippen LogP contribution in [0.1, 0.15) is 23.7 Å². The van der Waals surface area contributed by atoms with E-state index < -0.39 is 0 Å². The van der Waals surface area contributed by atoms with Gasteiger partial charge < -0.3 is 4.74 Å². The fourth-order valence-electron chi connectivity index (χ4n) is 1.24. The van der Waals surface area contributed by atoms with Crippen molar-refractivity contribution in [2.45, 2.75) is 20.8 Å². The average Bonchev–Trinajstić information content (AvgIpc) is 2.17. The van der Waals surface area contributed by atoms with Gasteiger partial charge in [0.05, 0.1) is 12.3 Å². The van der Waals surface area contributed by atoms with E-state index in [1.54, 1.807) is 19.2 Å². The average molecular weight is 205 g/mol. The minimum atomic E-state index is -0.334. The van der Waals surface area contributed by atoms with E-state index in [0.29, 0.717) is 6.61 Å². The molecule has 0 aliphatic heterocycles. The van der Waals surface area contributed by atoms with Crippen molar-refractivity contribution in [2.24, 2.45) is 0 Å². The Hall–Kier alpha value is -1.64. The third-order valence-electron chi connectivity index (χ3n) is 1.92. The van der Waals surface area contributed by atoms with Gasteiger partial charge in [0, 0.05) is 12.3 Å². The van der Waals surface area contributed by atoms with Crippen LogP contribution in [-0.4, -0.2) is 17.6 Å². The predicted molar refractivity (Wildman–Crippen MR) is 59.4 cm³/mol. The normalized spacial score (nSPS) is 10.6. The number of carbonyl (C=O) groups is 1. The van der Waals surface area contributed by atoms with Crippen molar-refractivity contribution >= 4 is 12.0 Å². The molecule has 0 aliphatic rings. The Labute approximate surface area is 89.8 Å². The molecule has 3 heteroatoms. The third kappa shape index (κ3) is 3.54. The maximum Gasteiger partial charge on any atom is 0.330 e. The summed E-state index contributed by atoms with van der Waals surface area (Å²) in [5.41, 5.74) is 2.96. The molecule has 0 saturated carbocycles. The minimum Gasteiger partial charge on any atom is -0.463 e. The van der Waals surface area contributed by atoms with Crippen LogP contribution in [0.5, 0.6) is 0 Å². The summed E-state index contributed by atoms with van der Waals surface area (Å²) in [6.07, 6.45) is 4.85. The van der Waals surface area contributed by atoms with Gasteiger partial charge in [0.2, 0.25) is 0 Å². The maximum absolute atomic E-state index is 11.1. The quantitative estimate of drug-likeness (QED) is 0.561. The second-order valence-electron chi connectivity index (χ2n) is 3.30. The molecule has 0 N–H and O–H groups in total. The highest BCUT2D eigenvalue weighted by atomic mass is 16.5. The number of esters is 1. The van der Waals surface area contributed by atoms with Crippen LogP contribution in [0.2, 0.25) is 0 Å². The lowest BCUT2D eigenvalue weighted by Crippen LogP contribution is -1.99. The summed E-state index contributed by atoms with van der Waals surface area (Å²) in [6, 6.07) is 2.03. The van der Waals surface area contributed by atoms with Gasteiger partial charge in [-0.25, -0.2) is 4.79 Å². The van der Waals surface area contributed by atoms with E-state index in [4.69, 9.17) is 4.74 Å². The lowest BCUT2D eigenvalue weighted by molar-refractivity contribution is -0.137. The molecule has 0 fully saturated rings. The molecular weight excluding hydrogens is 190 g/mol. The summed E-state index contributed by atoms with van der Waals surface area (Å²) in [7, 11) is 0. The van der Waals surface area contributed by atoms with Crippen LogP contribution in [0.25, 0.3) is 6.08 Å². The molecule has 0 aliphatic carbocycles. The summed E-state index contributed by atoms with van der Waals surface area (Å²) >= 11 is 0. The zero-order valence-corrected chi connectivity index (χ0v) is 9.28. The molecule has 0 unspecified atom stereocenters. The molecule has 80 valence electrons. The van der Waals surface area contributed by atoms with Crippen LogP contribution in [0, 0.1) is 13.8 Å². The van der Waals surface area contributed by atoms with E-state index in [1.165, 1.54) is 6.08 Å². The molecule has 0 bridgehead atoms. The standard InChI is InChI=1S/C12H15NO2/c1-4-15-12(14)6-5-11-10(3)7-9(2)8-13-11/h5-8H,4H2,1-3H3. The molecule has 1 aromatic heterocycles. The fourth-order valence-corrected chi connectivity index (χ4v) is 1.24. The molecule has 0 aromatic carbocycles. The monoisotopic (exact) mass is 205 g/mol. The van der Waals surface area contributed by atoms with Crippen molar-refractivity contribution in [1.82, 2.24) is 4.98 Å². The Balaban J connectivity index is 2.76. The zero-order valence-electron chi connectivity index (χ0n) is 9.28. The predicted octanol–water partition coefficient (Wildman–Crippen LogP) is 2.27. The Morgan fingerprint density at radius 2 is 2.27 bits per heavy atom. The van der Waals surface area contributed by atoms with Gasteiger partial charge in [0.15, 0.2) is 0 Å². The van der Waals surface area contributed by atoms with Crippen molar-refractivity contribution in [3.05, 3.63) is 35.2 Å². The number of carbonyl (C=O) groups excluding carboxylic acids is 1. The molecule has 0 spiro atoms. The van der Waals surface area contributed by atoms with Crippen LogP contribution in [0.15, 0.2) is 18.3 Å². The molecule has 0 atom stereocenters. The van der Waals surface area contributed by atoms with Gasteiger partial charge >= 0.3 is 5.97 Å². The second-order valence-corrected chi connectivity index (χ2v) is 3.30. The van der Waals surface area contributed by atoms with E-state index in [2.05, 4.69) is 4.98 Å². The van der Waals surface area contributed by atoms with Gasteiger partial charge in [-0.1, -0.05) is 6.07 Å². The fraction of sp³-hybridized carbons (Fsp3) is 0.333. The van der Waals surface area contributed by atoms with Crippen molar-refractivity contribution in [3.63, 3.8) is 0 Å². The van der Waals surface area contributed by atoms with Gasteiger partial charge in [0.1, 0.15) is 0 Å². The number of ether oxygens (including phenoxy) is 1. The van der Waals surface area contributed by atoms with E-state index >= 15 is 0 Å². The molecule has 1 heterocycles. The smallest absolute Gasteiger partial charge is 0.330 e. The summed E-state index contributed by atoms with van der Waals surface area (Å²) in [5.74, 6) is -0.334. The van der Waals surface area contributed by atoms with Gasteiger partial charge in [-0.05, 0) is 38.0 Å². The Bertz CT molecular complexity index is 383. The van der Waals surface area contributed by atoms with Gasteiger partial charge in [-0.2, -0.15) is 0 Å². The van der Waals surface area contributed by atoms with Crippen LogP contribution in [0.4, 0.5) is 0 Å². The molecule has 3 nitrogen and oxygen atoms in total. The van der Waals surface area contributed by atoms with Crippen molar-refractivity contribution < 1.29 is 9.53 Å². The van der Waals surface area contributed by atoms with Crippen LogP contribution in [0.3, 0.4) is 0 Å². The van der Waals surface area contributed by atoms with Crippen molar-refractivity contribution in [3.8, 4) is 0 Å². The maximum atomic E-state index is 11.1. The third-order valence-corrected chi connectivity index (χ3v) is 1.92. The first-order valence-corrected chi connectivity index (χ1v) is 4.91. The van der Waals surface area contributed by atoms with Gasteiger partial charge in [0.25, 0.3) is 0 Å². The Morgan fingerprint density at radius 3 is 2.87 bits per heavy atom. The van der Waals surface area contributed by atoms with E-state index in [-0.39, 0.29) is 5.97 Å². The molecule has 15 heavy (non-hydrogen) atoms. The number of nitrogens with zero attached hydrogens (tertiary/aromatic N) is 1. The largest absolute Gasteiger partial charge is 0.463 e. The highest BCUT2D eigenvalue weighted by Crippen LogP contribution is 2.08. The number of aryl methyl sites for hydroxylation is 2. The van der Waals surface area contributed by atoms with E-state index in [9.17, 15) is 4.79 Å². The number of rotatable bonds is 3. The molecule has 1 rings (SSSR count). The van der Waals surface area contributed by atoms with Gasteiger partial charge in [-0.3, -0.25) is 4.98 Å². The Morgan fingerprint density at radius 1 is 1.53 bits per heavy atom. The summed E-state index contributed by atoms with van der Waals surface area (Å²) in [6.45, 7) is 6.12. The lowest BCUT2D eigenvalue weighted by Gasteiger charge is -2.00. The molecule has 0 saturated heterocycles. The van der Waals surface area contributed by atoms with Crippen LogP contribution >= 0.6 is 0 Å². The van der Waals surface area contributed by atoms with Crippen LogP contribution < -0.4 is 0 Å². The SMILES string of the molecule is CCOC(=O)C=Cc1ncc(C)cc1C.